The molecule has 0 saturated carbocycles. The van der Waals surface area contributed by atoms with Crippen molar-refractivity contribution in [2.45, 2.75) is 17.9 Å². The number of nitrogens with one attached hydrogen (secondary N) is 1. The molecule has 1 aliphatic rings. The number of sulfonamides is 1. The molecule has 1 N–H and O–H groups in total. The highest BCUT2D eigenvalue weighted by Gasteiger charge is 2.35. The van der Waals surface area contributed by atoms with Crippen molar-refractivity contribution in [2.24, 2.45) is 0 Å². The summed E-state index contributed by atoms with van der Waals surface area (Å²) in [6.07, 6.45) is 1.68. The third-order valence-electron chi connectivity index (χ3n) is 3.57. The average molecular weight is 307 g/mol. The summed E-state index contributed by atoms with van der Waals surface area (Å²) < 4.78 is 32.6. The van der Waals surface area contributed by atoms with E-state index in [2.05, 4.69) is 10.2 Å². The second kappa shape index (κ2) is 5.59. The van der Waals surface area contributed by atoms with Crippen LogP contribution in [0.2, 0.25) is 0 Å². The summed E-state index contributed by atoms with van der Waals surface area (Å²) in [5.74, 6) is 0. The smallest absolute Gasteiger partial charge is 0.243 e. The molecule has 2 heterocycles. The van der Waals surface area contributed by atoms with E-state index < -0.39 is 16.1 Å². The van der Waals surface area contributed by atoms with Gasteiger partial charge in [0.2, 0.25) is 10.0 Å². The molecule has 1 fully saturated rings. The van der Waals surface area contributed by atoms with E-state index >= 15 is 0 Å². The molecule has 2 aromatic rings. The Morgan fingerprint density at radius 3 is 2.71 bits per heavy atom. The highest BCUT2D eigenvalue weighted by Crippen LogP contribution is 2.29. The molecule has 1 unspecified atom stereocenters. The zero-order valence-electron chi connectivity index (χ0n) is 11.7. The molecular weight excluding hydrogens is 290 g/mol. The summed E-state index contributed by atoms with van der Waals surface area (Å²) >= 11 is 0. The Hall–Kier alpha value is -1.70. The van der Waals surface area contributed by atoms with Crippen LogP contribution < -0.4 is 0 Å². The third-order valence-corrected chi connectivity index (χ3v) is 5.49. The van der Waals surface area contributed by atoms with Crippen molar-refractivity contribution in [1.29, 1.82) is 0 Å². The van der Waals surface area contributed by atoms with Crippen molar-refractivity contribution >= 4 is 10.0 Å². The molecule has 7 heteroatoms. The topological polar surface area (TPSA) is 75.3 Å². The van der Waals surface area contributed by atoms with Crippen molar-refractivity contribution < 1.29 is 13.2 Å². The standard InChI is InChI=1S/C14H17N3O3S/c1-11-2-4-12(5-3-11)21(18,19)17-8-9-20-10-14(17)13-6-7-15-16-13/h2-7,14H,8-10H2,1H3,(H,15,16). The zero-order valence-corrected chi connectivity index (χ0v) is 12.5. The normalized spacial score (nSPS) is 20.5. The molecule has 1 aromatic carbocycles. The summed E-state index contributed by atoms with van der Waals surface area (Å²) in [5.41, 5.74) is 1.70. The van der Waals surface area contributed by atoms with Gasteiger partial charge in [-0.1, -0.05) is 17.7 Å². The van der Waals surface area contributed by atoms with Crippen LogP contribution in [0, 0.1) is 6.92 Å². The van der Waals surface area contributed by atoms with Gasteiger partial charge in [-0.25, -0.2) is 8.42 Å². The Bertz CT molecular complexity index is 696. The van der Waals surface area contributed by atoms with Crippen LogP contribution in [-0.2, 0) is 14.8 Å². The summed E-state index contributed by atoms with van der Waals surface area (Å²) in [6, 6.07) is 8.27. The van der Waals surface area contributed by atoms with Crippen molar-refractivity contribution in [1.82, 2.24) is 14.5 Å². The summed E-state index contributed by atoms with van der Waals surface area (Å²) in [5, 5.41) is 6.82. The number of hydrogen-bond acceptors (Lipinski definition) is 4. The predicted molar refractivity (Wildman–Crippen MR) is 77.2 cm³/mol. The van der Waals surface area contributed by atoms with E-state index in [0.29, 0.717) is 30.3 Å². The van der Waals surface area contributed by atoms with Gasteiger partial charge in [-0.15, -0.1) is 0 Å². The molecule has 0 aliphatic carbocycles. The summed E-state index contributed by atoms with van der Waals surface area (Å²) in [7, 11) is -3.55. The lowest BCUT2D eigenvalue weighted by molar-refractivity contribution is 0.0306. The van der Waals surface area contributed by atoms with Crippen LogP contribution in [-0.4, -0.2) is 42.7 Å². The fraction of sp³-hybridized carbons (Fsp3) is 0.357. The average Bonchev–Trinajstić information content (AvgIpc) is 3.02. The molecule has 21 heavy (non-hydrogen) atoms. The van der Waals surface area contributed by atoms with E-state index in [0.717, 1.165) is 5.56 Å². The van der Waals surface area contributed by atoms with Crippen LogP contribution in [0.5, 0.6) is 0 Å². The number of benzene rings is 1. The fourth-order valence-electron chi connectivity index (χ4n) is 2.41. The van der Waals surface area contributed by atoms with Gasteiger partial charge in [0, 0.05) is 12.7 Å². The number of nitrogens with zero attached hydrogens (tertiary/aromatic N) is 2. The Morgan fingerprint density at radius 1 is 1.29 bits per heavy atom. The molecule has 0 spiro atoms. The van der Waals surface area contributed by atoms with E-state index in [1.54, 1.807) is 36.5 Å². The van der Waals surface area contributed by atoms with Gasteiger partial charge in [-0.2, -0.15) is 9.40 Å². The lowest BCUT2D eigenvalue weighted by atomic mass is 10.2. The first kappa shape index (κ1) is 14.2. The van der Waals surface area contributed by atoms with E-state index in [4.69, 9.17) is 4.74 Å². The maximum Gasteiger partial charge on any atom is 0.243 e. The minimum absolute atomic E-state index is 0.301. The minimum atomic E-state index is -3.55. The first-order valence-electron chi connectivity index (χ1n) is 6.75. The monoisotopic (exact) mass is 307 g/mol. The second-order valence-corrected chi connectivity index (χ2v) is 6.91. The lowest BCUT2D eigenvalue weighted by Gasteiger charge is -2.33. The molecule has 0 amide bonds. The van der Waals surface area contributed by atoms with Crippen molar-refractivity contribution in [2.75, 3.05) is 19.8 Å². The first-order valence-corrected chi connectivity index (χ1v) is 8.19. The molecule has 1 aromatic heterocycles. The molecule has 1 atom stereocenters. The lowest BCUT2D eigenvalue weighted by Crippen LogP contribution is -2.43. The zero-order chi connectivity index (χ0) is 14.9. The number of H-pyrrole nitrogens is 1. The maximum atomic E-state index is 12.8. The minimum Gasteiger partial charge on any atom is -0.378 e. The van der Waals surface area contributed by atoms with Gasteiger partial charge >= 0.3 is 0 Å². The van der Waals surface area contributed by atoms with Crippen LogP contribution in [0.4, 0.5) is 0 Å². The van der Waals surface area contributed by atoms with Crippen molar-refractivity contribution in [3.8, 4) is 0 Å². The Labute approximate surface area is 123 Å². The van der Waals surface area contributed by atoms with Crippen LogP contribution in [0.15, 0.2) is 41.4 Å². The number of morpholine rings is 1. The molecule has 1 saturated heterocycles. The van der Waals surface area contributed by atoms with Gasteiger partial charge in [0.25, 0.3) is 0 Å². The maximum absolute atomic E-state index is 12.8. The van der Waals surface area contributed by atoms with Gasteiger partial charge < -0.3 is 4.74 Å². The number of ether oxygens (including phenoxy) is 1. The third kappa shape index (κ3) is 2.72. The number of hydrogen-bond donors (Lipinski definition) is 1. The van der Waals surface area contributed by atoms with Gasteiger partial charge in [0.05, 0.1) is 29.8 Å². The number of rotatable bonds is 3. The van der Waals surface area contributed by atoms with Gasteiger partial charge in [0.15, 0.2) is 0 Å². The van der Waals surface area contributed by atoms with E-state index in [1.165, 1.54) is 4.31 Å². The van der Waals surface area contributed by atoms with Gasteiger partial charge in [-0.05, 0) is 25.1 Å². The van der Waals surface area contributed by atoms with E-state index in [9.17, 15) is 8.42 Å². The SMILES string of the molecule is Cc1ccc(S(=O)(=O)N2CCOCC2c2cc[nH]n2)cc1. The Balaban J connectivity index is 1.97. The van der Waals surface area contributed by atoms with Crippen LogP contribution in [0.1, 0.15) is 17.3 Å². The summed E-state index contributed by atoms with van der Waals surface area (Å²) in [6.45, 7) is 2.97. The number of aromatic amines is 1. The van der Waals surface area contributed by atoms with Crippen LogP contribution in [0.3, 0.4) is 0 Å². The van der Waals surface area contributed by atoms with Crippen LogP contribution in [0.25, 0.3) is 0 Å². The molecule has 1 aliphatic heterocycles. The first-order chi connectivity index (χ1) is 10.1. The predicted octanol–water partition coefficient (Wildman–Crippen LogP) is 1.48. The van der Waals surface area contributed by atoms with Crippen molar-refractivity contribution in [3.05, 3.63) is 47.8 Å². The largest absolute Gasteiger partial charge is 0.378 e. The molecule has 0 radical (unpaired) electrons. The summed E-state index contributed by atoms with van der Waals surface area (Å²) in [4.78, 5) is 0.301. The Kier molecular flexibility index (Phi) is 3.79. The second-order valence-electron chi connectivity index (χ2n) is 5.02. The molecule has 112 valence electrons. The van der Waals surface area contributed by atoms with E-state index in [1.807, 2.05) is 6.92 Å². The molecule has 6 nitrogen and oxygen atoms in total. The highest BCUT2D eigenvalue weighted by atomic mass is 32.2. The highest BCUT2D eigenvalue weighted by molar-refractivity contribution is 7.89. The van der Waals surface area contributed by atoms with E-state index in [-0.39, 0.29) is 0 Å². The number of aromatic nitrogens is 2. The molecule has 3 rings (SSSR count). The van der Waals surface area contributed by atoms with Gasteiger partial charge in [0.1, 0.15) is 0 Å². The number of aryl methyl sites for hydroxylation is 1. The quantitative estimate of drug-likeness (QED) is 0.932. The van der Waals surface area contributed by atoms with Gasteiger partial charge in [-0.3, -0.25) is 5.10 Å². The molecular formula is C14H17N3O3S. The Morgan fingerprint density at radius 2 is 2.05 bits per heavy atom. The fourth-order valence-corrected chi connectivity index (χ4v) is 3.98. The van der Waals surface area contributed by atoms with Crippen molar-refractivity contribution in [3.63, 3.8) is 0 Å². The molecule has 0 bridgehead atoms. The van der Waals surface area contributed by atoms with Crippen LogP contribution >= 0.6 is 0 Å².